The van der Waals surface area contributed by atoms with Gasteiger partial charge in [0.1, 0.15) is 5.75 Å². The van der Waals surface area contributed by atoms with Crippen LogP contribution in [-0.2, 0) is 0 Å². The van der Waals surface area contributed by atoms with E-state index in [0.717, 1.165) is 17.9 Å². The third-order valence-corrected chi connectivity index (χ3v) is 3.62. The summed E-state index contributed by atoms with van der Waals surface area (Å²) in [5, 5.41) is 8.89. The molecule has 0 radical (unpaired) electrons. The van der Waals surface area contributed by atoms with Crippen LogP contribution < -0.4 is 4.74 Å². The second kappa shape index (κ2) is 5.89. The number of benzene rings is 1. The summed E-state index contributed by atoms with van der Waals surface area (Å²) in [5.41, 5.74) is 1.21. The van der Waals surface area contributed by atoms with E-state index in [1.807, 2.05) is 6.92 Å². The standard InChI is InChI=1S/C15H20O3/c1-11-9-13(15(16)17)7-8-14(11)18-10-12-5-3-2-4-6-12/h7-9,12H,2-6,10H2,1H3,(H,16,17). The highest BCUT2D eigenvalue weighted by atomic mass is 16.5. The molecule has 1 aromatic carbocycles. The number of hydrogen-bond acceptors (Lipinski definition) is 2. The van der Waals surface area contributed by atoms with Gasteiger partial charge in [0.05, 0.1) is 12.2 Å². The summed E-state index contributed by atoms with van der Waals surface area (Å²) in [7, 11) is 0. The molecule has 1 aliphatic carbocycles. The van der Waals surface area contributed by atoms with Crippen LogP contribution in [0, 0.1) is 12.8 Å². The predicted molar refractivity (Wildman–Crippen MR) is 70.2 cm³/mol. The largest absolute Gasteiger partial charge is 0.493 e. The summed E-state index contributed by atoms with van der Waals surface area (Å²) in [6.07, 6.45) is 6.48. The highest BCUT2D eigenvalue weighted by Crippen LogP contribution is 2.26. The van der Waals surface area contributed by atoms with Crippen LogP contribution in [0.4, 0.5) is 0 Å². The highest BCUT2D eigenvalue weighted by molar-refractivity contribution is 5.88. The summed E-state index contributed by atoms with van der Waals surface area (Å²) in [4.78, 5) is 10.8. The second-order valence-electron chi connectivity index (χ2n) is 5.10. The molecule has 0 unspecified atom stereocenters. The second-order valence-corrected chi connectivity index (χ2v) is 5.10. The van der Waals surface area contributed by atoms with Gasteiger partial charge in [-0.05, 0) is 49.4 Å². The van der Waals surface area contributed by atoms with Crippen LogP contribution in [0.25, 0.3) is 0 Å². The van der Waals surface area contributed by atoms with Crippen LogP contribution in [0.2, 0.25) is 0 Å². The average molecular weight is 248 g/mol. The smallest absolute Gasteiger partial charge is 0.335 e. The lowest BCUT2D eigenvalue weighted by Gasteiger charge is -2.22. The first-order valence-corrected chi connectivity index (χ1v) is 6.63. The summed E-state index contributed by atoms with van der Waals surface area (Å²) in [6, 6.07) is 5.03. The highest BCUT2D eigenvalue weighted by Gasteiger charge is 2.14. The molecule has 0 heterocycles. The number of hydrogen-bond donors (Lipinski definition) is 1. The number of aryl methyl sites for hydroxylation is 1. The third-order valence-electron chi connectivity index (χ3n) is 3.62. The zero-order chi connectivity index (χ0) is 13.0. The molecule has 0 atom stereocenters. The Balaban J connectivity index is 1.94. The molecule has 3 heteroatoms. The van der Waals surface area contributed by atoms with Gasteiger partial charge < -0.3 is 9.84 Å². The molecule has 2 rings (SSSR count). The van der Waals surface area contributed by atoms with Gasteiger partial charge in [-0.15, -0.1) is 0 Å². The fourth-order valence-corrected chi connectivity index (χ4v) is 2.51. The van der Waals surface area contributed by atoms with Crippen molar-refractivity contribution in [1.82, 2.24) is 0 Å². The van der Waals surface area contributed by atoms with E-state index in [9.17, 15) is 4.79 Å². The van der Waals surface area contributed by atoms with Gasteiger partial charge in [0.2, 0.25) is 0 Å². The molecule has 0 aliphatic heterocycles. The van der Waals surface area contributed by atoms with Gasteiger partial charge in [-0.1, -0.05) is 19.3 Å². The van der Waals surface area contributed by atoms with E-state index in [0.29, 0.717) is 11.5 Å². The monoisotopic (exact) mass is 248 g/mol. The van der Waals surface area contributed by atoms with Crippen LogP contribution >= 0.6 is 0 Å². The molecule has 0 bridgehead atoms. The molecule has 1 saturated carbocycles. The molecule has 1 fully saturated rings. The van der Waals surface area contributed by atoms with Crippen molar-refractivity contribution in [2.24, 2.45) is 5.92 Å². The Morgan fingerprint density at radius 2 is 2.06 bits per heavy atom. The average Bonchev–Trinajstić information content (AvgIpc) is 2.38. The summed E-state index contributed by atoms with van der Waals surface area (Å²) >= 11 is 0. The lowest BCUT2D eigenvalue weighted by atomic mass is 9.90. The summed E-state index contributed by atoms with van der Waals surface area (Å²) < 4.78 is 5.82. The van der Waals surface area contributed by atoms with Crippen LogP contribution in [0.1, 0.15) is 48.0 Å². The Bertz CT molecular complexity index is 420. The molecule has 1 aromatic rings. The van der Waals surface area contributed by atoms with Crippen molar-refractivity contribution in [3.63, 3.8) is 0 Å². The Labute approximate surface area is 108 Å². The van der Waals surface area contributed by atoms with E-state index in [-0.39, 0.29) is 0 Å². The Kier molecular flexibility index (Phi) is 4.24. The summed E-state index contributed by atoms with van der Waals surface area (Å²) in [5.74, 6) is 0.583. The summed E-state index contributed by atoms with van der Waals surface area (Å²) in [6.45, 7) is 2.65. The van der Waals surface area contributed by atoms with E-state index < -0.39 is 5.97 Å². The molecule has 0 saturated heterocycles. The topological polar surface area (TPSA) is 46.5 Å². The first kappa shape index (κ1) is 12.9. The lowest BCUT2D eigenvalue weighted by Crippen LogP contribution is -2.15. The number of carbonyl (C=O) groups is 1. The van der Waals surface area contributed by atoms with Crippen LogP contribution in [0.5, 0.6) is 5.75 Å². The van der Waals surface area contributed by atoms with Crippen molar-refractivity contribution in [3.05, 3.63) is 29.3 Å². The van der Waals surface area contributed by atoms with Gasteiger partial charge in [0, 0.05) is 0 Å². The molecular formula is C15H20O3. The zero-order valence-electron chi connectivity index (χ0n) is 10.8. The predicted octanol–water partition coefficient (Wildman–Crippen LogP) is 3.65. The molecule has 98 valence electrons. The SMILES string of the molecule is Cc1cc(C(=O)O)ccc1OCC1CCCCC1. The Hall–Kier alpha value is -1.51. The number of aromatic carboxylic acids is 1. The van der Waals surface area contributed by atoms with Gasteiger partial charge in [-0.2, -0.15) is 0 Å². The fourth-order valence-electron chi connectivity index (χ4n) is 2.51. The molecule has 18 heavy (non-hydrogen) atoms. The zero-order valence-corrected chi connectivity index (χ0v) is 10.8. The fraction of sp³-hybridized carbons (Fsp3) is 0.533. The van der Waals surface area contributed by atoms with Crippen molar-refractivity contribution in [2.75, 3.05) is 6.61 Å². The molecule has 1 aliphatic rings. The Morgan fingerprint density at radius 3 is 2.67 bits per heavy atom. The minimum atomic E-state index is -0.892. The van der Waals surface area contributed by atoms with E-state index >= 15 is 0 Å². The number of carboxylic acid groups (broad SMARTS) is 1. The van der Waals surface area contributed by atoms with Gasteiger partial charge in [0.25, 0.3) is 0 Å². The van der Waals surface area contributed by atoms with Gasteiger partial charge in [-0.25, -0.2) is 4.79 Å². The Morgan fingerprint density at radius 1 is 1.33 bits per heavy atom. The van der Waals surface area contributed by atoms with Crippen molar-refractivity contribution in [1.29, 1.82) is 0 Å². The van der Waals surface area contributed by atoms with E-state index in [1.54, 1.807) is 18.2 Å². The minimum Gasteiger partial charge on any atom is -0.493 e. The van der Waals surface area contributed by atoms with Crippen molar-refractivity contribution in [2.45, 2.75) is 39.0 Å². The number of rotatable bonds is 4. The van der Waals surface area contributed by atoms with Crippen LogP contribution in [0.15, 0.2) is 18.2 Å². The van der Waals surface area contributed by atoms with E-state index in [4.69, 9.17) is 9.84 Å². The maximum absolute atomic E-state index is 10.8. The van der Waals surface area contributed by atoms with Crippen LogP contribution in [-0.4, -0.2) is 17.7 Å². The number of ether oxygens (including phenoxy) is 1. The third kappa shape index (κ3) is 3.25. The first-order chi connectivity index (χ1) is 8.66. The molecule has 3 nitrogen and oxygen atoms in total. The number of carboxylic acids is 1. The minimum absolute atomic E-state index is 0.317. The van der Waals surface area contributed by atoms with Gasteiger partial charge >= 0.3 is 5.97 Å². The lowest BCUT2D eigenvalue weighted by molar-refractivity contribution is 0.0696. The normalized spacial score (nSPS) is 16.5. The van der Waals surface area contributed by atoms with Crippen LogP contribution in [0.3, 0.4) is 0 Å². The first-order valence-electron chi connectivity index (χ1n) is 6.63. The van der Waals surface area contributed by atoms with E-state index in [1.165, 1.54) is 32.1 Å². The molecule has 0 amide bonds. The van der Waals surface area contributed by atoms with Crippen molar-refractivity contribution >= 4 is 5.97 Å². The van der Waals surface area contributed by atoms with Gasteiger partial charge in [-0.3, -0.25) is 0 Å². The van der Waals surface area contributed by atoms with Crippen molar-refractivity contribution < 1.29 is 14.6 Å². The van der Waals surface area contributed by atoms with Gasteiger partial charge in [0.15, 0.2) is 0 Å². The molecular weight excluding hydrogens is 228 g/mol. The maximum atomic E-state index is 10.8. The molecule has 0 aromatic heterocycles. The molecule has 1 N–H and O–H groups in total. The molecule has 0 spiro atoms. The quantitative estimate of drug-likeness (QED) is 0.884. The maximum Gasteiger partial charge on any atom is 0.335 e. The van der Waals surface area contributed by atoms with E-state index in [2.05, 4.69) is 0 Å². The van der Waals surface area contributed by atoms with Crippen molar-refractivity contribution in [3.8, 4) is 5.75 Å².